The van der Waals surface area contributed by atoms with Crippen molar-refractivity contribution >= 4 is 21.8 Å². The third kappa shape index (κ3) is 5.71. The molecule has 0 aromatic heterocycles. The van der Waals surface area contributed by atoms with E-state index in [0.717, 1.165) is 18.2 Å². The highest BCUT2D eigenvalue weighted by atomic mass is 79.9. The van der Waals surface area contributed by atoms with Crippen LogP contribution in [0.5, 0.6) is 5.75 Å². The van der Waals surface area contributed by atoms with Crippen LogP contribution in [0.4, 0.5) is 17.6 Å². The molecule has 25 heavy (non-hydrogen) atoms. The van der Waals surface area contributed by atoms with Crippen LogP contribution in [0.25, 0.3) is 0 Å². The van der Waals surface area contributed by atoms with E-state index in [1.54, 1.807) is 0 Å². The number of carbonyl (C=O) groups is 1. The molecule has 0 aliphatic carbocycles. The Balaban J connectivity index is 1.96. The van der Waals surface area contributed by atoms with Gasteiger partial charge in [-0.25, -0.2) is 4.39 Å². The monoisotopic (exact) mass is 421 g/mol. The van der Waals surface area contributed by atoms with E-state index in [9.17, 15) is 27.5 Å². The SMILES string of the molecule is O=C(NCC(O)c1ccc(OC(F)(F)F)cc1)c1cc(F)ccc1Br. The number of aliphatic hydroxyl groups is 1. The van der Waals surface area contributed by atoms with Gasteiger partial charge in [0.25, 0.3) is 5.91 Å². The van der Waals surface area contributed by atoms with Crippen LogP contribution in [0.3, 0.4) is 0 Å². The number of nitrogens with one attached hydrogen (secondary N) is 1. The standard InChI is InChI=1S/C16H12BrF4NO3/c17-13-6-3-10(18)7-12(13)15(24)22-8-14(23)9-1-4-11(5-2-9)25-16(19,20)21/h1-7,14,23H,8H2,(H,22,24). The predicted octanol–water partition coefficient (Wildman–Crippen LogP) is 3.95. The second-order valence-electron chi connectivity index (χ2n) is 4.97. The molecule has 0 saturated carbocycles. The fourth-order valence-corrected chi connectivity index (χ4v) is 2.39. The van der Waals surface area contributed by atoms with Crippen LogP contribution < -0.4 is 10.1 Å². The van der Waals surface area contributed by atoms with E-state index in [4.69, 9.17) is 0 Å². The fraction of sp³-hybridized carbons (Fsp3) is 0.188. The number of rotatable bonds is 5. The third-order valence-electron chi connectivity index (χ3n) is 3.13. The number of carbonyl (C=O) groups excluding carboxylic acids is 1. The molecule has 1 unspecified atom stereocenters. The molecule has 134 valence electrons. The molecule has 0 saturated heterocycles. The van der Waals surface area contributed by atoms with Crippen LogP contribution in [0, 0.1) is 5.82 Å². The van der Waals surface area contributed by atoms with E-state index < -0.39 is 29.9 Å². The van der Waals surface area contributed by atoms with Gasteiger partial charge < -0.3 is 15.2 Å². The second-order valence-corrected chi connectivity index (χ2v) is 5.82. The van der Waals surface area contributed by atoms with Crippen molar-refractivity contribution in [2.24, 2.45) is 0 Å². The Kier molecular flexibility index (Phi) is 6.02. The summed E-state index contributed by atoms with van der Waals surface area (Å²) >= 11 is 3.12. The van der Waals surface area contributed by atoms with Crippen molar-refractivity contribution in [3.8, 4) is 5.75 Å². The quantitative estimate of drug-likeness (QED) is 0.718. The molecular weight excluding hydrogens is 410 g/mol. The zero-order valence-corrected chi connectivity index (χ0v) is 14.1. The lowest BCUT2D eigenvalue weighted by molar-refractivity contribution is -0.274. The first-order valence-corrected chi connectivity index (χ1v) is 7.72. The smallest absolute Gasteiger partial charge is 0.406 e. The normalized spacial score (nSPS) is 12.6. The fourth-order valence-electron chi connectivity index (χ4n) is 1.97. The summed E-state index contributed by atoms with van der Waals surface area (Å²) < 4.78 is 53.5. The molecule has 1 amide bonds. The van der Waals surface area contributed by atoms with Gasteiger partial charge in [-0.05, 0) is 51.8 Å². The van der Waals surface area contributed by atoms with Crippen molar-refractivity contribution in [3.63, 3.8) is 0 Å². The van der Waals surface area contributed by atoms with Crippen LogP contribution >= 0.6 is 15.9 Å². The van der Waals surface area contributed by atoms with Gasteiger partial charge in [-0.3, -0.25) is 4.79 Å². The Morgan fingerprint density at radius 1 is 1.20 bits per heavy atom. The van der Waals surface area contributed by atoms with Crippen molar-refractivity contribution in [1.29, 1.82) is 0 Å². The zero-order valence-electron chi connectivity index (χ0n) is 12.5. The van der Waals surface area contributed by atoms with Gasteiger partial charge in [0.15, 0.2) is 0 Å². The first kappa shape index (κ1) is 19.2. The molecule has 2 rings (SSSR count). The highest BCUT2D eigenvalue weighted by molar-refractivity contribution is 9.10. The molecule has 2 N–H and O–H groups in total. The first-order valence-electron chi connectivity index (χ1n) is 6.93. The number of amides is 1. The van der Waals surface area contributed by atoms with Gasteiger partial charge in [-0.15, -0.1) is 13.2 Å². The topological polar surface area (TPSA) is 58.6 Å². The van der Waals surface area contributed by atoms with Crippen molar-refractivity contribution in [1.82, 2.24) is 5.32 Å². The van der Waals surface area contributed by atoms with Crippen LogP contribution in [0.2, 0.25) is 0 Å². The lowest BCUT2D eigenvalue weighted by Gasteiger charge is -2.14. The highest BCUT2D eigenvalue weighted by Crippen LogP contribution is 2.24. The highest BCUT2D eigenvalue weighted by Gasteiger charge is 2.31. The summed E-state index contributed by atoms with van der Waals surface area (Å²) in [6.07, 6.45) is -5.96. The van der Waals surface area contributed by atoms with Gasteiger partial charge in [0, 0.05) is 11.0 Å². The molecule has 2 aromatic carbocycles. The molecule has 0 spiro atoms. The minimum atomic E-state index is -4.80. The van der Waals surface area contributed by atoms with E-state index >= 15 is 0 Å². The lowest BCUT2D eigenvalue weighted by Crippen LogP contribution is -2.28. The third-order valence-corrected chi connectivity index (χ3v) is 3.82. The predicted molar refractivity (Wildman–Crippen MR) is 84.5 cm³/mol. The van der Waals surface area contributed by atoms with Gasteiger partial charge in [-0.2, -0.15) is 0 Å². The summed E-state index contributed by atoms with van der Waals surface area (Å²) in [4.78, 5) is 12.0. The Morgan fingerprint density at radius 2 is 1.84 bits per heavy atom. The second kappa shape index (κ2) is 7.83. The number of aliphatic hydroxyl groups excluding tert-OH is 1. The number of ether oxygens (including phenoxy) is 1. The van der Waals surface area contributed by atoms with E-state index in [-0.39, 0.29) is 17.7 Å². The minimum Gasteiger partial charge on any atom is -0.406 e. The molecule has 9 heteroatoms. The van der Waals surface area contributed by atoms with E-state index in [0.29, 0.717) is 4.47 Å². The molecule has 0 aliphatic rings. The Labute approximate surface area is 148 Å². The lowest BCUT2D eigenvalue weighted by atomic mass is 10.1. The van der Waals surface area contributed by atoms with Gasteiger partial charge in [0.2, 0.25) is 0 Å². The van der Waals surface area contributed by atoms with Gasteiger partial charge in [0.05, 0.1) is 11.7 Å². The van der Waals surface area contributed by atoms with E-state index in [1.807, 2.05) is 0 Å². The summed E-state index contributed by atoms with van der Waals surface area (Å²) in [5.41, 5.74) is 0.342. The Bertz CT molecular complexity index is 750. The van der Waals surface area contributed by atoms with Gasteiger partial charge >= 0.3 is 6.36 Å². The largest absolute Gasteiger partial charge is 0.573 e. The molecule has 1 atom stereocenters. The Morgan fingerprint density at radius 3 is 2.44 bits per heavy atom. The van der Waals surface area contributed by atoms with Crippen molar-refractivity contribution in [2.75, 3.05) is 6.54 Å². The van der Waals surface area contributed by atoms with E-state index in [1.165, 1.54) is 24.3 Å². The zero-order chi connectivity index (χ0) is 18.6. The van der Waals surface area contributed by atoms with Gasteiger partial charge in [-0.1, -0.05) is 12.1 Å². The molecule has 0 aliphatic heterocycles. The summed E-state index contributed by atoms with van der Waals surface area (Å²) in [5, 5.41) is 12.4. The summed E-state index contributed by atoms with van der Waals surface area (Å²) in [6, 6.07) is 8.19. The number of halogens is 5. The Hall–Kier alpha value is -2.13. The summed E-state index contributed by atoms with van der Waals surface area (Å²) in [5.74, 6) is -1.62. The molecule has 0 bridgehead atoms. The van der Waals surface area contributed by atoms with Crippen molar-refractivity contribution in [3.05, 3.63) is 63.9 Å². The number of alkyl halides is 3. The minimum absolute atomic E-state index is 0.0566. The van der Waals surface area contributed by atoms with Crippen LogP contribution in [-0.2, 0) is 0 Å². The number of hydrogen-bond acceptors (Lipinski definition) is 3. The maximum Gasteiger partial charge on any atom is 0.573 e. The van der Waals surface area contributed by atoms with Gasteiger partial charge in [0.1, 0.15) is 11.6 Å². The van der Waals surface area contributed by atoms with Crippen molar-refractivity contribution in [2.45, 2.75) is 12.5 Å². The van der Waals surface area contributed by atoms with E-state index in [2.05, 4.69) is 26.0 Å². The molecular formula is C16H12BrF4NO3. The molecule has 0 fully saturated rings. The molecule has 0 radical (unpaired) electrons. The average molecular weight is 422 g/mol. The molecule has 4 nitrogen and oxygen atoms in total. The summed E-state index contributed by atoms with van der Waals surface area (Å²) in [7, 11) is 0. The van der Waals surface area contributed by atoms with Crippen molar-refractivity contribution < 1.29 is 32.2 Å². The first-order chi connectivity index (χ1) is 11.7. The van der Waals surface area contributed by atoms with Crippen LogP contribution in [0.1, 0.15) is 22.0 Å². The summed E-state index contributed by atoms with van der Waals surface area (Å²) in [6.45, 7) is -0.207. The number of hydrogen-bond donors (Lipinski definition) is 2. The number of benzene rings is 2. The molecule has 2 aromatic rings. The van der Waals surface area contributed by atoms with Crippen LogP contribution in [-0.4, -0.2) is 23.9 Å². The van der Waals surface area contributed by atoms with Crippen LogP contribution in [0.15, 0.2) is 46.9 Å². The maximum atomic E-state index is 13.2. The maximum absolute atomic E-state index is 13.2. The average Bonchev–Trinajstić information content (AvgIpc) is 2.53. The molecule has 0 heterocycles.